The van der Waals surface area contributed by atoms with Gasteiger partial charge in [-0.15, -0.1) is 17.9 Å². The Hall–Kier alpha value is -1.93. The number of fused-ring (bicyclic) bond motifs is 1. The molecule has 0 fully saturated rings. The number of thiophene rings is 1. The Kier molecular flexibility index (Phi) is 4.12. The minimum absolute atomic E-state index is 0.0451. The highest BCUT2D eigenvalue weighted by molar-refractivity contribution is 7.99. The first kappa shape index (κ1) is 15.0. The van der Waals surface area contributed by atoms with Gasteiger partial charge in [0.15, 0.2) is 11.0 Å². The second-order valence-electron chi connectivity index (χ2n) is 4.67. The maximum atomic E-state index is 12.5. The Morgan fingerprint density at radius 1 is 1.55 bits per heavy atom. The smallest absolute Gasteiger partial charge is 0.272 e. The van der Waals surface area contributed by atoms with E-state index in [0.717, 1.165) is 0 Å². The van der Waals surface area contributed by atoms with Crippen molar-refractivity contribution in [3.8, 4) is 0 Å². The lowest BCUT2D eigenvalue weighted by Crippen LogP contribution is -2.22. The third-order valence-corrected chi connectivity index (χ3v) is 4.99. The van der Waals surface area contributed by atoms with Crippen LogP contribution in [0.2, 0.25) is 0 Å². The summed E-state index contributed by atoms with van der Waals surface area (Å²) >= 11 is 2.82. The number of thioether (sulfide) groups is 1. The summed E-state index contributed by atoms with van der Waals surface area (Å²) in [4.78, 5) is 21.4. The number of hydrogen-bond donors (Lipinski definition) is 0. The van der Waals surface area contributed by atoms with Gasteiger partial charge in [-0.3, -0.25) is 9.36 Å². The molecule has 3 aromatic heterocycles. The molecule has 0 aliphatic carbocycles. The molecule has 0 aliphatic rings. The zero-order chi connectivity index (χ0) is 15.7. The fraction of sp³-hybridized carbons (Fsp3) is 0.286. The van der Waals surface area contributed by atoms with Crippen molar-refractivity contribution in [3.05, 3.63) is 46.2 Å². The number of allylic oxidation sites excluding steroid dienone is 1. The lowest BCUT2D eigenvalue weighted by molar-refractivity contribution is 0.376. The summed E-state index contributed by atoms with van der Waals surface area (Å²) in [6, 6.07) is 1.85. The normalized spacial score (nSPS) is 12.6. The zero-order valence-electron chi connectivity index (χ0n) is 12.1. The Labute approximate surface area is 134 Å². The summed E-state index contributed by atoms with van der Waals surface area (Å²) in [7, 11) is 0. The monoisotopic (exact) mass is 334 g/mol. The van der Waals surface area contributed by atoms with E-state index in [1.165, 1.54) is 23.1 Å². The molecule has 0 aliphatic heterocycles. The molecule has 0 bridgehead atoms. The Morgan fingerprint density at radius 3 is 3.05 bits per heavy atom. The van der Waals surface area contributed by atoms with Gasteiger partial charge in [-0.05, 0) is 25.3 Å². The van der Waals surface area contributed by atoms with Crippen LogP contribution in [-0.2, 0) is 6.54 Å². The van der Waals surface area contributed by atoms with Crippen molar-refractivity contribution in [2.24, 2.45) is 0 Å². The number of aryl methyl sites for hydroxylation is 1. The first-order chi connectivity index (χ1) is 10.6. The van der Waals surface area contributed by atoms with Crippen molar-refractivity contribution in [3.63, 3.8) is 0 Å². The molecule has 3 rings (SSSR count). The molecule has 3 aromatic rings. The van der Waals surface area contributed by atoms with E-state index >= 15 is 0 Å². The highest BCUT2D eigenvalue weighted by Crippen LogP contribution is 2.33. The number of aromatic nitrogens is 4. The molecule has 1 unspecified atom stereocenters. The van der Waals surface area contributed by atoms with Crippen molar-refractivity contribution in [2.45, 2.75) is 30.8 Å². The van der Waals surface area contributed by atoms with Gasteiger partial charge in [-0.1, -0.05) is 23.0 Å². The van der Waals surface area contributed by atoms with Crippen LogP contribution in [0.25, 0.3) is 10.2 Å². The highest BCUT2D eigenvalue weighted by atomic mass is 32.2. The SMILES string of the molecule is C=CCn1c(SC(C)c2nc(C)no2)nc2ccsc2c1=O. The van der Waals surface area contributed by atoms with Crippen LogP contribution >= 0.6 is 23.1 Å². The van der Waals surface area contributed by atoms with Crippen LogP contribution in [0.3, 0.4) is 0 Å². The van der Waals surface area contributed by atoms with E-state index in [1.54, 1.807) is 17.6 Å². The van der Waals surface area contributed by atoms with Crippen molar-refractivity contribution < 1.29 is 4.52 Å². The predicted molar refractivity (Wildman–Crippen MR) is 87.4 cm³/mol. The van der Waals surface area contributed by atoms with E-state index in [2.05, 4.69) is 21.7 Å². The minimum Gasteiger partial charge on any atom is -0.338 e. The summed E-state index contributed by atoms with van der Waals surface area (Å²) in [5, 5.41) is 6.19. The van der Waals surface area contributed by atoms with Gasteiger partial charge < -0.3 is 4.52 Å². The first-order valence-corrected chi connectivity index (χ1v) is 8.42. The topological polar surface area (TPSA) is 73.8 Å². The largest absolute Gasteiger partial charge is 0.338 e. The van der Waals surface area contributed by atoms with Gasteiger partial charge in [0.2, 0.25) is 5.89 Å². The van der Waals surface area contributed by atoms with Crippen molar-refractivity contribution in [2.75, 3.05) is 0 Å². The molecule has 22 heavy (non-hydrogen) atoms. The molecular formula is C14H14N4O2S2. The van der Waals surface area contributed by atoms with E-state index in [9.17, 15) is 4.79 Å². The van der Waals surface area contributed by atoms with Gasteiger partial charge in [0.1, 0.15) is 4.70 Å². The molecule has 8 heteroatoms. The van der Waals surface area contributed by atoms with Gasteiger partial charge in [-0.25, -0.2) is 4.98 Å². The van der Waals surface area contributed by atoms with Gasteiger partial charge in [-0.2, -0.15) is 4.98 Å². The Morgan fingerprint density at radius 2 is 2.36 bits per heavy atom. The van der Waals surface area contributed by atoms with Crippen molar-refractivity contribution in [1.82, 2.24) is 19.7 Å². The summed E-state index contributed by atoms with van der Waals surface area (Å²) in [5.74, 6) is 1.11. The molecule has 0 amide bonds. The maximum Gasteiger partial charge on any atom is 0.272 e. The molecule has 6 nitrogen and oxygen atoms in total. The van der Waals surface area contributed by atoms with Crippen LogP contribution in [-0.4, -0.2) is 19.7 Å². The third kappa shape index (κ3) is 2.71. The van der Waals surface area contributed by atoms with Gasteiger partial charge >= 0.3 is 0 Å². The molecular weight excluding hydrogens is 320 g/mol. The molecule has 0 N–H and O–H groups in total. The van der Waals surface area contributed by atoms with Gasteiger partial charge in [0.05, 0.1) is 10.8 Å². The van der Waals surface area contributed by atoms with Crippen LogP contribution in [0, 0.1) is 6.92 Å². The lowest BCUT2D eigenvalue weighted by Gasteiger charge is -2.12. The van der Waals surface area contributed by atoms with E-state index in [4.69, 9.17) is 4.52 Å². The third-order valence-electron chi connectivity index (χ3n) is 3.02. The van der Waals surface area contributed by atoms with Gasteiger partial charge in [0, 0.05) is 6.54 Å². The fourth-order valence-corrected chi connectivity index (χ4v) is 3.72. The molecule has 0 spiro atoms. The Bertz CT molecular complexity index is 880. The lowest BCUT2D eigenvalue weighted by atomic mass is 10.4. The highest BCUT2D eigenvalue weighted by Gasteiger charge is 2.19. The summed E-state index contributed by atoms with van der Waals surface area (Å²) < 4.78 is 7.47. The molecule has 114 valence electrons. The first-order valence-electron chi connectivity index (χ1n) is 6.66. The Balaban J connectivity index is 2.03. The molecule has 1 atom stereocenters. The molecule has 0 saturated heterocycles. The number of hydrogen-bond acceptors (Lipinski definition) is 7. The second kappa shape index (κ2) is 6.05. The standard InChI is InChI=1S/C14H14N4O2S2/c1-4-6-18-13(19)11-10(5-7-21-11)16-14(18)22-8(2)12-15-9(3)17-20-12/h4-5,7-8H,1,6H2,2-3H3. The van der Waals surface area contributed by atoms with Crippen molar-refractivity contribution >= 4 is 33.3 Å². The maximum absolute atomic E-state index is 12.5. The van der Waals surface area contributed by atoms with Crippen LogP contribution in [0.4, 0.5) is 0 Å². The second-order valence-corrected chi connectivity index (χ2v) is 6.90. The summed E-state index contributed by atoms with van der Waals surface area (Å²) in [6.45, 7) is 7.84. The number of nitrogens with zero attached hydrogens (tertiary/aromatic N) is 4. The summed E-state index contributed by atoms with van der Waals surface area (Å²) in [6.07, 6.45) is 1.69. The van der Waals surface area contributed by atoms with E-state index in [0.29, 0.717) is 33.6 Å². The van der Waals surface area contributed by atoms with Crippen molar-refractivity contribution in [1.29, 1.82) is 0 Å². The number of rotatable bonds is 5. The predicted octanol–water partition coefficient (Wildman–Crippen LogP) is 3.19. The molecule has 0 saturated carbocycles. The fourth-order valence-electron chi connectivity index (χ4n) is 1.99. The molecule has 3 heterocycles. The van der Waals surface area contributed by atoms with E-state index in [1.807, 2.05) is 18.4 Å². The minimum atomic E-state index is -0.0970. The molecule has 0 radical (unpaired) electrons. The van der Waals surface area contributed by atoms with Crippen LogP contribution in [0.1, 0.15) is 23.9 Å². The average Bonchev–Trinajstić information content (AvgIpc) is 3.12. The zero-order valence-corrected chi connectivity index (χ0v) is 13.8. The summed E-state index contributed by atoms with van der Waals surface area (Å²) in [5.41, 5.74) is 0.669. The van der Waals surface area contributed by atoms with Crippen LogP contribution in [0.5, 0.6) is 0 Å². The van der Waals surface area contributed by atoms with Gasteiger partial charge in [0.25, 0.3) is 5.56 Å². The molecule has 0 aromatic carbocycles. The van der Waals surface area contributed by atoms with Crippen LogP contribution < -0.4 is 5.56 Å². The van der Waals surface area contributed by atoms with E-state index < -0.39 is 0 Å². The quantitative estimate of drug-likeness (QED) is 0.405. The van der Waals surface area contributed by atoms with Crippen LogP contribution in [0.15, 0.2) is 38.6 Å². The van der Waals surface area contributed by atoms with E-state index in [-0.39, 0.29) is 10.8 Å². The average molecular weight is 334 g/mol.